The van der Waals surface area contributed by atoms with Crippen molar-refractivity contribution in [1.29, 1.82) is 0 Å². The minimum Gasteiger partial charge on any atom is -0.504 e. The summed E-state index contributed by atoms with van der Waals surface area (Å²) in [5, 5.41) is 19.4. The van der Waals surface area contributed by atoms with Crippen LogP contribution in [-0.2, 0) is 11.2 Å². The maximum atomic E-state index is 11.0. The molecule has 0 radical (unpaired) electrons. The molecular weight excluding hydrogens is 220 g/mol. The Kier molecular flexibility index (Phi) is 4.37. The molecule has 0 saturated carbocycles. The molecule has 0 saturated heterocycles. The van der Waals surface area contributed by atoms with Gasteiger partial charge in [-0.05, 0) is 18.9 Å². The van der Waals surface area contributed by atoms with E-state index in [1.807, 2.05) is 13.8 Å². The molecule has 0 spiro atoms. The Balaban J connectivity index is 2.90. The van der Waals surface area contributed by atoms with Gasteiger partial charge in [0.05, 0.1) is 6.61 Å². The molecule has 0 aromatic heterocycles. The summed E-state index contributed by atoms with van der Waals surface area (Å²) in [7, 11) is 0. The topological polar surface area (TPSA) is 66.8 Å². The third kappa shape index (κ3) is 3.66. The van der Waals surface area contributed by atoms with Crippen LogP contribution in [0.4, 0.5) is 0 Å². The highest BCUT2D eigenvalue weighted by Gasteiger charge is 2.14. The third-order valence-corrected chi connectivity index (χ3v) is 2.21. The zero-order chi connectivity index (χ0) is 13.0. The van der Waals surface area contributed by atoms with Crippen LogP contribution < -0.4 is 4.74 Å². The lowest BCUT2D eigenvalue weighted by molar-refractivity contribution is -0.116. The fraction of sp³-hybridized carbons (Fsp3) is 0.462. The zero-order valence-electron chi connectivity index (χ0n) is 10.4. The average Bonchev–Trinajstić information content (AvgIpc) is 2.23. The number of rotatable bonds is 5. The van der Waals surface area contributed by atoms with E-state index in [0.29, 0.717) is 18.1 Å². The van der Waals surface area contributed by atoms with Gasteiger partial charge in [0.25, 0.3) is 0 Å². The van der Waals surface area contributed by atoms with Crippen molar-refractivity contribution in [2.24, 2.45) is 5.92 Å². The molecule has 2 N–H and O–H groups in total. The number of carbonyl (C=O) groups is 1. The third-order valence-electron chi connectivity index (χ3n) is 2.21. The van der Waals surface area contributed by atoms with Crippen LogP contribution >= 0.6 is 0 Å². The van der Waals surface area contributed by atoms with Crippen molar-refractivity contribution in [1.82, 2.24) is 0 Å². The van der Waals surface area contributed by atoms with Gasteiger partial charge in [-0.2, -0.15) is 0 Å². The van der Waals surface area contributed by atoms with Gasteiger partial charge in [-0.1, -0.05) is 19.9 Å². The number of ether oxygens (including phenoxy) is 1. The van der Waals surface area contributed by atoms with E-state index in [9.17, 15) is 15.0 Å². The molecule has 0 aliphatic heterocycles. The summed E-state index contributed by atoms with van der Waals surface area (Å²) in [5.74, 6) is -0.0849. The first kappa shape index (κ1) is 13.4. The summed E-state index contributed by atoms with van der Waals surface area (Å²) in [6.07, 6.45) is 0.101. The van der Waals surface area contributed by atoms with Crippen LogP contribution in [0.25, 0.3) is 0 Å². The minimum absolute atomic E-state index is 0.0736. The van der Waals surface area contributed by atoms with Gasteiger partial charge in [0.2, 0.25) is 5.75 Å². The Hall–Kier alpha value is -1.71. The first-order valence-electron chi connectivity index (χ1n) is 5.57. The molecule has 1 rings (SSSR count). The van der Waals surface area contributed by atoms with Crippen LogP contribution in [0.1, 0.15) is 26.3 Å². The van der Waals surface area contributed by atoms with E-state index in [0.717, 1.165) is 0 Å². The van der Waals surface area contributed by atoms with E-state index in [1.165, 1.54) is 6.92 Å². The van der Waals surface area contributed by atoms with Gasteiger partial charge in [-0.15, -0.1) is 0 Å². The summed E-state index contributed by atoms with van der Waals surface area (Å²) in [6, 6.07) is 3.15. The van der Waals surface area contributed by atoms with Gasteiger partial charge >= 0.3 is 0 Å². The largest absolute Gasteiger partial charge is 0.504 e. The number of aromatic hydroxyl groups is 2. The average molecular weight is 238 g/mol. The number of phenols is 2. The quantitative estimate of drug-likeness (QED) is 0.772. The van der Waals surface area contributed by atoms with Crippen LogP contribution in [0, 0.1) is 5.92 Å². The Morgan fingerprint density at radius 3 is 2.47 bits per heavy atom. The maximum Gasteiger partial charge on any atom is 0.200 e. The van der Waals surface area contributed by atoms with Crippen molar-refractivity contribution < 1.29 is 19.7 Å². The summed E-state index contributed by atoms with van der Waals surface area (Å²) in [5.41, 5.74) is 0.409. The lowest BCUT2D eigenvalue weighted by Gasteiger charge is -2.12. The Bertz CT molecular complexity index is 410. The molecule has 0 aliphatic carbocycles. The van der Waals surface area contributed by atoms with Crippen LogP contribution in [0.15, 0.2) is 12.1 Å². The van der Waals surface area contributed by atoms with Crippen LogP contribution in [-0.4, -0.2) is 22.6 Å². The Morgan fingerprint density at radius 1 is 1.29 bits per heavy atom. The summed E-state index contributed by atoms with van der Waals surface area (Å²) in [4.78, 5) is 11.0. The monoisotopic (exact) mass is 238 g/mol. The molecular formula is C13H18O4. The van der Waals surface area contributed by atoms with Crippen molar-refractivity contribution in [3.05, 3.63) is 17.7 Å². The van der Waals surface area contributed by atoms with Gasteiger partial charge in [-0.25, -0.2) is 0 Å². The van der Waals surface area contributed by atoms with Crippen molar-refractivity contribution in [2.75, 3.05) is 6.61 Å². The van der Waals surface area contributed by atoms with Crippen molar-refractivity contribution >= 4 is 5.78 Å². The molecule has 0 bridgehead atoms. The number of Topliss-reactive ketones (excluding diaryl/α,β-unsaturated/α-hetero) is 1. The highest BCUT2D eigenvalue weighted by Crippen LogP contribution is 2.38. The van der Waals surface area contributed by atoms with Gasteiger partial charge in [0.15, 0.2) is 11.5 Å². The number of hydrogen-bond donors (Lipinski definition) is 2. The van der Waals surface area contributed by atoms with Crippen LogP contribution in [0.5, 0.6) is 17.2 Å². The van der Waals surface area contributed by atoms with E-state index in [-0.39, 0.29) is 29.5 Å². The molecule has 94 valence electrons. The maximum absolute atomic E-state index is 11.0. The standard InChI is InChI=1S/C13H18O4/c1-8(2)7-17-11-5-4-10(6-9(3)14)12(15)13(11)16/h4-5,8,15-16H,6-7H2,1-3H3. The number of hydrogen-bond acceptors (Lipinski definition) is 4. The molecule has 1 aromatic rings. The molecule has 0 fully saturated rings. The first-order valence-corrected chi connectivity index (χ1v) is 5.57. The fourth-order valence-electron chi connectivity index (χ4n) is 1.39. The minimum atomic E-state index is -0.301. The highest BCUT2D eigenvalue weighted by molar-refractivity contribution is 5.79. The molecule has 0 unspecified atom stereocenters. The number of phenolic OH excluding ortho intramolecular Hbond substituents is 2. The predicted octanol–water partition coefficient (Wildman–Crippen LogP) is 2.26. The number of ketones is 1. The summed E-state index contributed by atoms with van der Waals surface area (Å²) < 4.78 is 5.34. The van der Waals surface area contributed by atoms with Gasteiger partial charge < -0.3 is 14.9 Å². The van der Waals surface area contributed by atoms with Crippen molar-refractivity contribution in [3.63, 3.8) is 0 Å². The fourth-order valence-corrected chi connectivity index (χ4v) is 1.39. The molecule has 4 nitrogen and oxygen atoms in total. The Morgan fingerprint density at radius 2 is 1.94 bits per heavy atom. The van der Waals surface area contributed by atoms with Crippen molar-refractivity contribution in [2.45, 2.75) is 27.2 Å². The first-order chi connectivity index (χ1) is 7.91. The van der Waals surface area contributed by atoms with E-state index < -0.39 is 0 Å². The zero-order valence-corrected chi connectivity index (χ0v) is 10.4. The van der Waals surface area contributed by atoms with Gasteiger partial charge in [0, 0.05) is 12.0 Å². The smallest absolute Gasteiger partial charge is 0.200 e. The lowest BCUT2D eigenvalue weighted by atomic mass is 10.1. The van der Waals surface area contributed by atoms with Gasteiger partial charge in [0.1, 0.15) is 5.78 Å². The normalized spacial score (nSPS) is 10.6. The summed E-state index contributed by atoms with van der Waals surface area (Å²) >= 11 is 0. The van der Waals surface area contributed by atoms with Crippen molar-refractivity contribution in [3.8, 4) is 17.2 Å². The summed E-state index contributed by atoms with van der Waals surface area (Å²) in [6.45, 7) is 5.86. The SMILES string of the molecule is CC(=O)Cc1ccc(OCC(C)C)c(O)c1O. The molecule has 1 aromatic carbocycles. The molecule has 17 heavy (non-hydrogen) atoms. The Labute approximate surface area is 101 Å². The van der Waals surface area contributed by atoms with E-state index in [2.05, 4.69) is 0 Å². The number of carbonyl (C=O) groups excluding carboxylic acids is 1. The van der Waals surface area contributed by atoms with E-state index in [1.54, 1.807) is 12.1 Å². The van der Waals surface area contributed by atoms with Crippen LogP contribution in [0.2, 0.25) is 0 Å². The second-order valence-corrected chi connectivity index (χ2v) is 4.50. The second-order valence-electron chi connectivity index (χ2n) is 4.50. The predicted molar refractivity (Wildman–Crippen MR) is 64.5 cm³/mol. The lowest BCUT2D eigenvalue weighted by Crippen LogP contribution is -2.05. The molecule has 0 heterocycles. The van der Waals surface area contributed by atoms with Crippen LogP contribution in [0.3, 0.4) is 0 Å². The van der Waals surface area contributed by atoms with E-state index >= 15 is 0 Å². The molecule has 4 heteroatoms. The van der Waals surface area contributed by atoms with Gasteiger partial charge in [-0.3, -0.25) is 4.79 Å². The second kappa shape index (κ2) is 5.57. The number of benzene rings is 1. The highest BCUT2D eigenvalue weighted by atomic mass is 16.5. The molecule has 0 aliphatic rings. The van der Waals surface area contributed by atoms with E-state index in [4.69, 9.17) is 4.74 Å². The molecule has 0 atom stereocenters. The molecule has 0 amide bonds.